The third kappa shape index (κ3) is 3.74. The molecule has 2 aromatic rings. The van der Waals surface area contributed by atoms with Crippen LogP contribution in [0.4, 0.5) is 5.95 Å². The van der Waals surface area contributed by atoms with Crippen molar-refractivity contribution < 1.29 is 9.47 Å². The van der Waals surface area contributed by atoms with Crippen LogP contribution in [0.15, 0.2) is 42.7 Å². The average molecular weight is 299 g/mol. The SMILES string of the molecule is COc1cccc(CN(C[C@@H]2CCCO2)c2ncccn2)c1. The molecule has 1 saturated heterocycles. The van der Waals surface area contributed by atoms with Crippen molar-refractivity contribution in [2.24, 2.45) is 0 Å². The highest BCUT2D eigenvalue weighted by atomic mass is 16.5. The summed E-state index contributed by atoms with van der Waals surface area (Å²) >= 11 is 0. The lowest BCUT2D eigenvalue weighted by atomic mass is 10.2. The quantitative estimate of drug-likeness (QED) is 0.820. The van der Waals surface area contributed by atoms with Crippen LogP contribution in [0.3, 0.4) is 0 Å². The lowest BCUT2D eigenvalue weighted by Gasteiger charge is -2.25. The van der Waals surface area contributed by atoms with Gasteiger partial charge in [0, 0.05) is 32.1 Å². The molecule has 1 aromatic carbocycles. The first kappa shape index (κ1) is 14.8. The topological polar surface area (TPSA) is 47.5 Å². The van der Waals surface area contributed by atoms with Crippen molar-refractivity contribution >= 4 is 5.95 Å². The third-order valence-corrected chi connectivity index (χ3v) is 3.79. The van der Waals surface area contributed by atoms with Gasteiger partial charge < -0.3 is 14.4 Å². The maximum Gasteiger partial charge on any atom is 0.225 e. The van der Waals surface area contributed by atoms with Gasteiger partial charge in [-0.1, -0.05) is 12.1 Å². The van der Waals surface area contributed by atoms with Crippen LogP contribution >= 0.6 is 0 Å². The molecule has 1 fully saturated rings. The van der Waals surface area contributed by atoms with Gasteiger partial charge in [0.2, 0.25) is 5.95 Å². The van der Waals surface area contributed by atoms with Gasteiger partial charge in [0.1, 0.15) is 5.75 Å². The Kier molecular flexibility index (Phi) is 4.85. The average Bonchev–Trinajstić information content (AvgIpc) is 3.08. The predicted molar refractivity (Wildman–Crippen MR) is 85.1 cm³/mol. The van der Waals surface area contributed by atoms with Crippen molar-refractivity contribution in [3.63, 3.8) is 0 Å². The molecule has 1 atom stereocenters. The summed E-state index contributed by atoms with van der Waals surface area (Å²) < 4.78 is 11.1. The highest BCUT2D eigenvalue weighted by Crippen LogP contribution is 2.20. The van der Waals surface area contributed by atoms with Crippen LogP contribution in [0.2, 0.25) is 0 Å². The zero-order valence-corrected chi connectivity index (χ0v) is 12.8. The Morgan fingerprint density at radius 3 is 2.86 bits per heavy atom. The standard InChI is InChI=1S/C17H21N3O2/c1-21-15-6-2-5-14(11-15)12-20(13-16-7-3-10-22-16)17-18-8-4-9-19-17/h2,4-6,8-9,11,16H,3,7,10,12-13H2,1H3/t16-/m0/s1. The highest BCUT2D eigenvalue weighted by Gasteiger charge is 2.21. The zero-order chi connectivity index (χ0) is 15.2. The number of rotatable bonds is 6. The van der Waals surface area contributed by atoms with Gasteiger partial charge in [-0.2, -0.15) is 0 Å². The van der Waals surface area contributed by atoms with E-state index in [-0.39, 0.29) is 6.10 Å². The van der Waals surface area contributed by atoms with Gasteiger partial charge >= 0.3 is 0 Å². The van der Waals surface area contributed by atoms with Crippen LogP contribution in [0.25, 0.3) is 0 Å². The fourth-order valence-electron chi connectivity index (χ4n) is 2.70. The Labute approximate surface area is 130 Å². The maximum atomic E-state index is 5.77. The minimum absolute atomic E-state index is 0.259. The van der Waals surface area contributed by atoms with E-state index in [9.17, 15) is 0 Å². The maximum absolute atomic E-state index is 5.77. The summed E-state index contributed by atoms with van der Waals surface area (Å²) in [4.78, 5) is 10.9. The second kappa shape index (κ2) is 7.22. The van der Waals surface area contributed by atoms with Crippen molar-refractivity contribution in [3.05, 3.63) is 48.3 Å². The van der Waals surface area contributed by atoms with Gasteiger partial charge in [-0.25, -0.2) is 9.97 Å². The largest absolute Gasteiger partial charge is 0.497 e. The van der Waals surface area contributed by atoms with E-state index < -0.39 is 0 Å². The monoisotopic (exact) mass is 299 g/mol. The Hall–Kier alpha value is -2.14. The molecule has 0 spiro atoms. The molecule has 1 aromatic heterocycles. The molecule has 2 heterocycles. The Balaban J connectivity index is 1.77. The van der Waals surface area contributed by atoms with Gasteiger partial charge in [-0.3, -0.25) is 0 Å². The number of nitrogens with zero attached hydrogens (tertiary/aromatic N) is 3. The summed E-state index contributed by atoms with van der Waals surface area (Å²) in [5.41, 5.74) is 1.17. The smallest absolute Gasteiger partial charge is 0.225 e. The molecule has 1 aliphatic rings. The molecule has 0 amide bonds. The molecule has 22 heavy (non-hydrogen) atoms. The molecular weight excluding hydrogens is 278 g/mol. The van der Waals surface area contributed by atoms with E-state index in [2.05, 4.69) is 20.9 Å². The van der Waals surface area contributed by atoms with E-state index in [0.29, 0.717) is 0 Å². The normalized spacial score (nSPS) is 17.4. The van der Waals surface area contributed by atoms with Gasteiger partial charge in [-0.15, -0.1) is 0 Å². The van der Waals surface area contributed by atoms with E-state index in [1.807, 2.05) is 24.3 Å². The van der Waals surface area contributed by atoms with Gasteiger partial charge in [0.15, 0.2) is 0 Å². The van der Waals surface area contributed by atoms with E-state index in [4.69, 9.17) is 9.47 Å². The van der Waals surface area contributed by atoms with E-state index >= 15 is 0 Å². The van der Waals surface area contributed by atoms with Crippen molar-refractivity contribution in [3.8, 4) is 5.75 Å². The minimum Gasteiger partial charge on any atom is -0.497 e. The molecule has 1 aliphatic heterocycles. The van der Waals surface area contributed by atoms with Crippen molar-refractivity contribution in [2.45, 2.75) is 25.5 Å². The fourth-order valence-corrected chi connectivity index (χ4v) is 2.70. The number of methoxy groups -OCH3 is 1. The van der Waals surface area contributed by atoms with Crippen LogP contribution in [0.1, 0.15) is 18.4 Å². The van der Waals surface area contributed by atoms with Gasteiger partial charge in [-0.05, 0) is 36.6 Å². The number of ether oxygens (including phenoxy) is 2. The molecule has 0 unspecified atom stereocenters. The number of anilines is 1. The highest BCUT2D eigenvalue weighted by molar-refractivity contribution is 5.35. The molecule has 0 N–H and O–H groups in total. The first-order valence-corrected chi connectivity index (χ1v) is 7.61. The zero-order valence-electron chi connectivity index (χ0n) is 12.8. The summed E-state index contributed by atoms with van der Waals surface area (Å²) in [5.74, 6) is 1.60. The number of hydrogen-bond donors (Lipinski definition) is 0. The first-order valence-electron chi connectivity index (χ1n) is 7.61. The Bertz CT molecular complexity index is 585. The molecule has 0 aliphatic carbocycles. The summed E-state index contributed by atoms with van der Waals surface area (Å²) in [6.45, 7) is 2.40. The van der Waals surface area contributed by atoms with Crippen molar-refractivity contribution in [1.29, 1.82) is 0 Å². The fraction of sp³-hybridized carbons (Fsp3) is 0.412. The lowest BCUT2D eigenvalue weighted by Crippen LogP contribution is -2.33. The summed E-state index contributed by atoms with van der Waals surface area (Å²) in [6.07, 6.45) is 6.04. The van der Waals surface area contributed by atoms with E-state index in [0.717, 1.165) is 44.2 Å². The summed E-state index contributed by atoms with van der Waals surface area (Å²) in [7, 11) is 1.68. The molecular formula is C17H21N3O2. The molecule has 0 radical (unpaired) electrons. The Morgan fingerprint density at radius 1 is 1.27 bits per heavy atom. The third-order valence-electron chi connectivity index (χ3n) is 3.79. The van der Waals surface area contributed by atoms with Crippen molar-refractivity contribution in [2.75, 3.05) is 25.2 Å². The first-order chi connectivity index (χ1) is 10.8. The van der Waals surface area contributed by atoms with Crippen LogP contribution < -0.4 is 9.64 Å². The van der Waals surface area contributed by atoms with E-state index in [1.165, 1.54) is 5.56 Å². The van der Waals surface area contributed by atoms with Crippen LogP contribution in [0.5, 0.6) is 5.75 Å². The second-order valence-electron chi connectivity index (χ2n) is 5.42. The molecule has 3 rings (SSSR count). The lowest BCUT2D eigenvalue weighted by molar-refractivity contribution is 0.115. The van der Waals surface area contributed by atoms with Crippen LogP contribution in [-0.4, -0.2) is 36.3 Å². The van der Waals surface area contributed by atoms with Crippen molar-refractivity contribution in [1.82, 2.24) is 9.97 Å². The number of hydrogen-bond acceptors (Lipinski definition) is 5. The molecule has 0 bridgehead atoms. The van der Waals surface area contributed by atoms with Crippen LogP contribution in [0, 0.1) is 0 Å². The predicted octanol–water partition coefficient (Wildman–Crippen LogP) is 2.67. The number of benzene rings is 1. The molecule has 116 valence electrons. The molecule has 5 nitrogen and oxygen atoms in total. The molecule has 0 saturated carbocycles. The van der Waals surface area contributed by atoms with Gasteiger partial charge in [0.05, 0.1) is 13.2 Å². The minimum atomic E-state index is 0.259. The number of aromatic nitrogens is 2. The van der Waals surface area contributed by atoms with Gasteiger partial charge in [0.25, 0.3) is 0 Å². The summed E-state index contributed by atoms with van der Waals surface area (Å²) in [6, 6.07) is 9.93. The van der Waals surface area contributed by atoms with Crippen LogP contribution in [-0.2, 0) is 11.3 Å². The molecule has 5 heteroatoms. The van der Waals surface area contributed by atoms with E-state index in [1.54, 1.807) is 19.5 Å². The summed E-state index contributed by atoms with van der Waals surface area (Å²) in [5, 5.41) is 0. The Morgan fingerprint density at radius 2 is 2.14 bits per heavy atom. The second-order valence-corrected chi connectivity index (χ2v) is 5.42.